The molecule has 7 heteroatoms. The normalized spacial score (nSPS) is 14.9. The number of carbonyl (C=O) groups is 1. The fraction of sp³-hybridized carbons (Fsp3) is 0.250. The zero-order valence-corrected chi connectivity index (χ0v) is 14.6. The van der Waals surface area contributed by atoms with E-state index >= 15 is 0 Å². The predicted molar refractivity (Wildman–Crippen MR) is 98.7 cm³/mol. The summed E-state index contributed by atoms with van der Waals surface area (Å²) in [6, 6.07) is 11.6. The van der Waals surface area contributed by atoms with Gasteiger partial charge in [0.25, 0.3) is 0 Å². The zero-order valence-electron chi connectivity index (χ0n) is 14.6. The molecular weight excluding hydrogens is 347 g/mol. The summed E-state index contributed by atoms with van der Waals surface area (Å²) in [5.74, 6) is 0.593. The smallest absolute Gasteiger partial charge is 0.323 e. The number of anilines is 1. The molecule has 27 heavy (non-hydrogen) atoms. The van der Waals surface area contributed by atoms with Gasteiger partial charge in [-0.2, -0.15) is 0 Å². The van der Waals surface area contributed by atoms with Crippen molar-refractivity contribution >= 4 is 11.8 Å². The van der Waals surface area contributed by atoms with Crippen LogP contribution in [0.3, 0.4) is 0 Å². The molecule has 1 aromatic carbocycles. The van der Waals surface area contributed by atoms with Gasteiger partial charge < -0.3 is 9.42 Å². The minimum atomic E-state index is -0.398. The molecule has 0 radical (unpaired) electrons. The van der Waals surface area contributed by atoms with Gasteiger partial charge in [-0.05, 0) is 48.6 Å². The van der Waals surface area contributed by atoms with Crippen molar-refractivity contribution < 1.29 is 13.7 Å². The van der Waals surface area contributed by atoms with Gasteiger partial charge in [0.1, 0.15) is 5.82 Å². The molecule has 2 amide bonds. The third-order valence-corrected chi connectivity index (χ3v) is 4.84. The molecule has 1 N–H and O–H groups in total. The van der Waals surface area contributed by atoms with Crippen molar-refractivity contribution in [2.75, 3.05) is 18.4 Å². The van der Waals surface area contributed by atoms with E-state index in [-0.39, 0.29) is 17.6 Å². The number of urea groups is 1. The van der Waals surface area contributed by atoms with Crippen molar-refractivity contribution in [2.24, 2.45) is 0 Å². The van der Waals surface area contributed by atoms with E-state index in [1.165, 1.54) is 17.7 Å². The first-order chi connectivity index (χ1) is 13.2. The summed E-state index contributed by atoms with van der Waals surface area (Å²) in [7, 11) is 0. The van der Waals surface area contributed by atoms with Gasteiger partial charge in [-0.1, -0.05) is 17.3 Å². The van der Waals surface area contributed by atoms with Crippen LogP contribution < -0.4 is 5.32 Å². The number of carbonyl (C=O) groups excluding carboxylic acids is 1. The molecule has 1 saturated heterocycles. The average Bonchev–Trinajstić information content (AvgIpc) is 3.17. The Labute approximate surface area is 156 Å². The van der Waals surface area contributed by atoms with Crippen molar-refractivity contribution in [3.05, 3.63) is 66.2 Å². The number of nitrogens with zero attached hydrogens (tertiary/aromatic N) is 3. The van der Waals surface area contributed by atoms with Crippen LogP contribution in [-0.4, -0.2) is 34.2 Å². The summed E-state index contributed by atoms with van der Waals surface area (Å²) in [5.41, 5.74) is 1.57. The molecule has 0 bridgehead atoms. The maximum atomic E-state index is 13.8. The van der Waals surface area contributed by atoms with Gasteiger partial charge in [-0.25, -0.2) is 9.18 Å². The van der Waals surface area contributed by atoms with Crippen molar-refractivity contribution in [2.45, 2.75) is 18.8 Å². The lowest BCUT2D eigenvalue weighted by Gasteiger charge is -2.31. The molecule has 1 fully saturated rings. The Morgan fingerprint density at radius 1 is 1.15 bits per heavy atom. The van der Waals surface area contributed by atoms with E-state index in [0.717, 1.165) is 12.8 Å². The van der Waals surface area contributed by atoms with Crippen LogP contribution in [0.25, 0.3) is 11.3 Å². The van der Waals surface area contributed by atoms with Crippen LogP contribution in [-0.2, 0) is 0 Å². The zero-order chi connectivity index (χ0) is 18.6. The van der Waals surface area contributed by atoms with Gasteiger partial charge in [-0.3, -0.25) is 10.3 Å². The highest BCUT2D eigenvalue weighted by molar-refractivity contribution is 5.88. The number of aromatic nitrogens is 2. The Balaban J connectivity index is 1.36. The number of benzene rings is 1. The number of nitrogens with one attached hydrogen (secondary N) is 1. The lowest BCUT2D eigenvalue weighted by molar-refractivity contribution is 0.194. The minimum Gasteiger partial charge on any atom is -0.354 e. The van der Waals surface area contributed by atoms with Crippen LogP contribution in [0.2, 0.25) is 0 Å². The second-order valence-corrected chi connectivity index (χ2v) is 6.53. The first kappa shape index (κ1) is 17.2. The van der Waals surface area contributed by atoms with Gasteiger partial charge in [0.05, 0.1) is 5.56 Å². The number of hydrogen-bond donors (Lipinski definition) is 1. The number of likely N-dealkylation sites (tertiary alicyclic amines) is 1. The van der Waals surface area contributed by atoms with E-state index in [9.17, 15) is 9.18 Å². The van der Waals surface area contributed by atoms with E-state index in [2.05, 4.69) is 15.5 Å². The lowest BCUT2D eigenvalue weighted by Crippen LogP contribution is -2.40. The van der Waals surface area contributed by atoms with Gasteiger partial charge >= 0.3 is 6.03 Å². The molecule has 0 saturated carbocycles. The molecule has 3 aromatic rings. The molecule has 0 atom stereocenters. The average molecular weight is 366 g/mol. The van der Waals surface area contributed by atoms with Crippen LogP contribution >= 0.6 is 0 Å². The Bertz CT molecular complexity index is 920. The monoisotopic (exact) mass is 366 g/mol. The lowest BCUT2D eigenvalue weighted by atomic mass is 9.90. The highest BCUT2D eigenvalue weighted by Gasteiger charge is 2.24. The first-order valence-electron chi connectivity index (χ1n) is 8.88. The van der Waals surface area contributed by atoms with E-state index < -0.39 is 5.82 Å². The Morgan fingerprint density at radius 3 is 2.63 bits per heavy atom. The summed E-state index contributed by atoms with van der Waals surface area (Å²) in [4.78, 5) is 18.3. The topological polar surface area (TPSA) is 71.3 Å². The number of hydrogen-bond acceptors (Lipinski definition) is 4. The summed E-state index contributed by atoms with van der Waals surface area (Å²) < 4.78 is 19.0. The standard InChI is InChI=1S/C20H19FN4O2/c21-17-4-2-1-3-16(17)18-13-19(24-27-18)23-20(26)25-11-7-15(8-12-25)14-5-9-22-10-6-14/h1-6,9-10,13,15H,7-8,11-12H2,(H,23,24,26). The second kappa shape index (κ2) is 7.57. The van der Waals surface area contributed by atoms with Crippen molar-refractivity contribution in [3.8, 4) is 11.3 Å². The molecule has 0 aliphatic carbocycles. The van der Waals surface area contributed by atoms with Gasteiger partial charge in [-0.15, -0.1) is 0 Å². The summed E-state index contributed by atoms with van der Waals surface area (Å²) >= 11 is 0. The Kier molecular flexibility index (Phi) is 4.82. The van der Waals surface area contributed by atoms with Crippen molar-refractivity contribution in [3.63, 3.8) is 0 Å². The molecular formula is C20H19FN4O2. The molecule has 4 rings (SSSR count). The number of pyridine rings is 1. The van der Waals surface area contributed by atoms with Crippen LogP contribution in [0, 0.1) is 5.82 Å². The summed E-state index contributed by atoms with van der Waals surface area (Å²) in [6.07, 6.45) is 5.39. The SMILES string of the molecule is O=C(Nc1cc(-c2ccccc2F)on1)N1CCC(c2ccncc2)CC1. The summed E-state index contributed by atoms with van der Waals surface area (Å²) in [6.45, 7) is 1.33. The fourth-order valence-corrected chi connectivity index (χ4v) is 3.36. The van der Waals surface area contributed by atoms with Crippen molar-refractivity contribution in [1.82, 2.24) is 15.0 Å². The number of halogens is 1. The minimum absolute atomic E-state index is 0.225. The van der Waals surface area contributed by atoms with E-state index in [0.29, 0.717) is 24.6 Å². The quantitative estimate of drug-likeness (QED) is 0.751. The predicted octanol–water partition coefficient (Wildman–Crippen LogP) is 4.29. The highest BCUT2D eigenvalue weighted by Crippen LogP contribution is 2.28. The maximum Gasteiger partial charge on any atom is 0.323 e. The maximum absolute atomic E-state index is 13.8. The van der Waals surface area contributed by atoms with Gasteiger partial charge in [0.2, 0.25) is 0 Å². The number of rotatable bonds is 3. The van der Waals surface area contributed by atoms with Crippen LogP contribution in [0.5, 0.6) is 0 Å². The molecule has 1 aliphatic heterocycles. The molecule has 0 unspecified atom stereocenters. The largest absolute Gasteiger partial charge is 0.354 e. The summed E-state index contributed by atoms with van der Waals surface area (Å²) in [5, 5.41) is 6.55. The van der Waals surface area contributed by atoms with Gasteiger partial charge in [0.15, 0.2) is 11.6 Å². The Morgan fingerprint density at radius 2 is 1.89 bits per heavy atom. The van der Waals surface area contributed by atoms with Crippen LogP contribution in [0.4, 0.5) is 15.0 Å². The molecule has 6 nitrogen and oxygen atoms in total. The number of piperidine rings is 1. The molecule has 0 spiro atoms. The van der Waals surface area contributed by atoms with Crippen LogP contribution in [0.1, 0.15) is 24.3 Å². The fourth-order valence-electron chi connectivity index (χ4n) is 3.36. The third kappa shape index (κ3) is 3.81. The van der Waals surface area contributed by atoms with Gasteiger partial charge in [0, 0.05) is 31.5 Å². The molecule has 2 aromatic heterocycles. The van der Waals surface area contributed by atoms with E-state index in [1.54, 1.807) is 35.5 Å². The van der Waals surface area contributed by atoms with E-state index in [1.807, 2.05) is 12.1 Å². The number of amides is 2. The molecule has 1 aliphatic rings. The third-order valence-electron chi connectivity index (χ3n) is 4.84. The highest BCUT2D eigenvalue weighted by atomic mass is 19.1. The Hall–Kier alpha value is -3.22. The van der Waals surface area contributed by atoms with E-state index in [4.69, 9.17) is 4.52 Å². The first-order valence-corrected chi connectivity index (χ1v) is 8.88. The molecule has 138 valence electrons. The second-order valence-electron chi connectivity index (χ2n) is 6.53. The van der Waals surface area contributed by atoms with Crippen molar-refractivity contribution in [1.29, 1.82) is 0 Å². The van der Waals surface area contributed by atoms with Crippen LogP contribution in [0.15, 0.2) is 59.4 Å². The molecule has 3 heterocycles.